The van der Waals surface area contributed by atoms with Gasteiger partial charge in [0.1, 0.15) is 0 Å². The van der Waals surface area contributed by atoms with E-state index in [4.69, 9.17) is 0 Å². The minimum Gasteiger partial charge on any atom is -0.319 e. The fourth-order valence-corrected chi connectivity index (χ4v) is 2.04. The first kappa shape index (κ1) is 12.8. The first-order valence-corrected chi connectivity index (χ1v) is 6.20. The van der Waals surface area contributed by atoms with Gasteiger partial charge in [-0.3, -0.25) is 14.5 Å². The van der Waals surface area contributed by atoms with Crippen LogP contribution in [0.4, 0.5) is 5.69 Å². The zero-order chi connectivity index (χ0) is 13.3. The molecule has 18 heavy (non-hydrogen) atoms. The van der Waals surface area contributed by atoms with Crippen molar-refractivity contribution in [1.82, 2.24) is 14.8 Å². The smallest absolute Gasteiger partial charge is 0.257 e. The van der Waals surface area contributed by atoms with E-state index in [0.29, 0.717) is 5.56 Å². The number of carbonyl (C=O) groups is 1. The molecule has 5 nitrogen and oxygen atoms in total. The molecular weight excluding hydrogens is 296 g/mol. The summed E-state index contributed by atoms with van der Waals surface area (Å²) in [7, 11) is 1.85. The van der Waals surface area contributed by atoms with Gasteiger partial charge in [0.25, 0.3) is 5.91 Å². The normalized spacial score (nSPS) is 10.4. The van der Waals surface area contributed by atoms with Crippen LogP contribution < -0.4 is 5.32 Å². The SMILES string of the molecule is Cc1nn(C)c(C)c1NC(=O)c1cncc(Br)c1. The van der Waals surface area contributed by atoms with Crippen LogP contribution in [-0.2, 0) is 7.05 Å². The average molecular weight is 309 g/mol. The molecule has 0 atom stereocenters. The molecule has 2 heterocycles. The Morgan fingerprint density at radius 1 is 1.39 bits per heavy atom. The Balaban J connectivity index is 2.27. The van der Waals surface area contributed by atoms with Gasteiger partial charge >= 0.3 is 0 Å². The molecule has 0 bridgehead atoms. The van der Waals surface area contributed by atoms with Gasteiger partial charge in [0.05, 0.1) is 22.6 Å². The number of carbonyl (C=O) groups excluding carboxylic acids is 1. The van der Waals surface area contributed by atoms with E-state index in [1.807, 2.05) is 20.9 Å². The maximum Gasteiger partial charge on any atom is 0.257 e. The predicted molar refractivity (Wildman–Crippen MR) is 72.6 cm³/mol. The summed E-state index contributed by atoms with van der Waals surface area (Å²) in [5.74, 6) is -0.192. The Labute approximate surface area is 113 Å². The largest absolute Gasteiger partial charge is 0.319 e. The van der Waals surface area contributed by atoms with Gasteiger partial charge in [0.15, 0.2) is 0 Å². The highest BCUT2D eigenvalue weighted by Crippen LogP contribution is 2.19. The van der Waals surface area contributed by atoms with Crippen LogP contribution in [0.3, 0.4) is 0 Å². The lowest BCUT2D eigenvalue weighted by Crippen LogP contribution is -2.13. The Kier molecular flexibility index (Phi) is 3.47. The first-order chi connectivity index (χ1) is 8.49. The van der Waals surface area contributed by atoms with Gasteiger partial charge in [-0.1, -0.05) is 0 Å². The number of nitrogens with zero attached hydrogens (tertiary/aromatic N) is 3. The topological polar surface area (TPSA) is 59.8 Å². The fourth-order valence-electron chi connectivity index (χ4n) is 1.68. The van der Waals surface area contributed by atoms with Crippen LogP contribution in [0.5, 0.6) is 0 Å². The molecule has 0 saturated carbocycles. The number of nitrogens with one attached hydrogen (secondary N) is 1. The van der Waals surface area contributed by atoms with Crippen LogP contribution in [0.15, 0.2) is 22.9 Å². The summed E-state index contributed by atoms with van der Waals surface area (Å²) >= 11 is 3.29. The third-order valence-electron chi connectivity index (χ3n) is 2.71. The average Bonchev–Trinajstić information content (AvgIpc) is 2.56. The molecule has 2 aromatic rings. The van der Waals surface area contributed by atoms with Crippen LogP contribution >= 0.6 is 15.9 Å². The number of hydrogen-bond acceptors (Lipinski definition) is 3. The molecule has 1 N–H and O–H groups in total. The standard InChI is InChI=1S/C12H13BrN4O/c1-7-11(8(2)17(3)16-7)15-12(18)9-4-10(13)6-14-5-9/h4-6H,1-3H3,(H,15,18). The van der Waals surface area contributed by atoms with Gasteiger partial charge in [-0.2, -0.15) is 5.10 Å². The third-order valence-corrected chi connectivity index (χ3v) is 3.15. The second kappa shape index (κ2) is 4.89. The van der Waals surface area contributed by atoms with Crippen molar-refractivity contribution in [3.05, 3.63) is 39.9 Å². The van der Waals surface area contributed by atoms with Gasteiger partial charge in [0, 0.05) is 23.9 Å². The highest BCUT2D eigenvalue weighted by molar-refractivity contribution is 9.10. The van der Waals surface area contributed by atoms with Crippen LogP contribution in [0.1, 0.15) is 21.7 Å². The summed E-state index contributed by atoms with van der Waals surface area (Å²) in [6, 6.07) is 1.73. The molecule has 0 aromatic carbocycles. The summed E-state index contributed by atoms with van der Waals surface area (Å²) in [5, 5.41) is 7.11. The summed E-state index contributed by atoms with van der Waals surface area (Å²) in [5.41, 5.74) is 2.98. The quantitative estimate of drug-likeness (QED) is 0.927. The number of amides is 1. The lowest BCUT2D eigenvalue weighted by atomic mass is 10.2. The summed E-state index contributed by atoms with van der Waals surface area (Å²) in [4.78, 5) is 16.0. The second-order valence-electron chi connectivity index (χ2n) is 4.02. The zero-order valence-electron chi connectivity index (χ0n) is 10.4. The summed E-state index contributed by atoms with van der Waals surface area (Å²) < 4.78 is 2.51. The van der Waals surface area contributed by atoms with E-state index < -0.39 is 0 Å². The molecule has 0 unspecified atom stereocenters. The molecule has 0 spiro atoms. The molecule has 0 radical (unpaired) electrons. The van der Waals surface area contributed by atoms with Crippen LogP contribution in [0.2, 0.25) is 0 Å². The number of halogens is 1. The Bertz CT molecular complexity index is 606. The molecule has 2 rings (SSSR count). The predicted octanol–water partition coefficient (Wildman–Crippen LogP) is 2.45. The van der Waals surface area contributed by atoms with E-state index >= 15 is 0 Å². The van der Waals surface area contributed by atoms with Crippen LogP contribution in [0, 0.1) is 13.8 Å². The molecule has 0 aliphatic rings. The number of anilines is 1. The van der Waals surface area contributed by atoms with Gasteiger partial charge in [0.2, 0.25) is 0 Å². The fraction of sp³-hybridized carbons (Fsp3) is 0.250. The molecule has 0 saturated heterocycles. The second-order valence-corrected chi connectivity index (χ2v) is 4.93. The maximum absolute atomic E-state index is 12.1. The first-order valence-electron chi connectivity index (χ1n) is 5.41. The molecule has 6 heteroatoms. The van der Waals surface area contributed by atoms with Crippen molar-refractivity contribution in [2.75, 3.05) is 5.32 Å². The number of aryl methyl sites for hydroxylation is 2. The number of pyridine rings is 1. The zero-order valence-corrected chi connectivity index (χ0v) is 11.9. The van der Waals surface area contributed by atoms with E-state index in [1.54, 1.807) is 16.9 Å². The molecule has 94 valence electrons. The van der Waals surface area contributed by atoms with E-state index in [0.717, 1.165) is 21.5 Å². The number of rotatable bonds is 2. The van der Waals surface area contributed by atoms with Crippen LogP contribution in [-0.4, -0.2) is 20.7 Å². The monoisotopic (exact) mass is 308 g/mol. The Morgan fingerprint density at radius 2 is 2.11 bits per heavy atom. The van der Waals surface area contributed by atoms with E-state index in [2.05, 4.69) is 31.3 Å². The lowest BCUT2D eigenvalue weighted by Gasteiger charge is -2.05. The number of hydrogen-bond donors (Lipinski definition) is 1. The Morgan fingerprint density at radius 3 is 2.67 bits per heavy atom. The van der Waals surface area contributed by atoms with Crippen molar-refractivity contribution in [2.45, 2.75) is 13.8 Å². The third kappa shape index (κ3) is 2.43. The van der Waals surface area contributed by atoms with Crippen molar-refractivity contribution in [3.8, 4) is 0 Å². The van der Waals surface area contributed by atoms with Gasteiger partial charge < -0.3 is 5.32 Å². The van der Waals surface area contributed by atoms with Crippen molar-refractivity contribution >= 4 is 27.5 Å². The highest BCUT2D eigenvalue weighted by atomic mass is 79.9. The van der Waals surface area contributed by atoms with E-state index in [1.165, 1.54) is 6.20 Å². The van der Waals surface area contributed by atoms with Gasteiger partial charge in [-0.15, -0.1) is 0 Å². The van der Waals surface area contributed by atoms with Crippen LogP contribution in [0.25, 0.3) is 0 Å². The van der Waals surface area contributed by atoms with Crippen molar-refractivity contribution in [1.29, 1.82) is 0 Å². The maximum atomic E-state index is 12.1. The molecule has 1 amide bonds. The van der Waals surface area contributed by atoms with Gasteiger partial charge in [-0.25, -0.2) is 0 Å². The summed E-state index contributed by atoms with van der Waals surface area (Å²) in [6.07, 6.45) is 3.17. The molecule has 2 aromatic heterocycles. The molecule has 0 aliphatic carbocycles. The minimum atomic E-state index is -0.192. The van der Waals surface area contributed by atoms with E-state index in [-0.39, 0.29) is 5.91 Å². The number of aromatic nitrogens is 3. The van der Waals surface area contributed by atoms with Gasteiger partial charge in [-0.05, 0) is 35.8 Å². The highest BCUT2D eigenvalue weighted by Gasteiger charge is 2.14. The Hall–Kier alpha value is -1.69. The lowest BCUT2D eigenvalue weighted by molar-refractivity contribution is 0.102. The van der Waals surface area contributed by atoms with Crippen molar-refractivity contribution in [2.24, 2.45) is 7.05 Å². The molecular formula is C12H13BrN4O. The van der Waals surface area contributed by atoms with Crippen molar-refractivity contribution < 1.29 is 4.79 Å². The van der Waals surface area contributed by atoms with E-state index in [9.17, 15) is 4.79 Å². The molecule has 0 aliphatic heterocycles. The molecule has 0 fully saturated rings. The van der Waals surface area contributed by atoms with Crippen molar-refractivity contribution in [3.63, 3.8) is 0 Å². The minimum absolute atomic E-state index is 0.192. The summed E-state index contributed by atoms with van der Waals surface area (Å²) in [6.45, 7) is 3.77.